The Labute approximate surface area is 96.3 Å². The van der Waals surface area contributed by atoms with Crippen molar-refractivity contribution in [2.45, 2.75) is 39.2 Å². The molecular weight excluding hydrogens is 202 g/mol. The Morgan fingerprint density at radius 3 is 2.88 bits per heavy atom. The number of hydrogen-bond acceptors (Lipinski definition) is 3. The molecule has 16 heavy (non-hydrogen) atoms. The molecule has 1 unspecified atom stereocenters. The Kier molecular flexibility index (Phi) is 4.76. The summed E-state index contributed by atoms with van der Waals surface area (Å²) in [6.07, 6.45) is 4.77. The van der Waals surface area contributed by atoms with Gasteiger partial charge in [-0.1, -0.05) is 19.8 Å². The Morgan fingerprint density at radius 1 is 1.56 bits per heavy atom. The third-order valence-electron chi connectivity index (χ3n) is 2.42. The van der Waals surface area contributed by atoms with Gasteiger partial charge in [-0.25, -0.2) is 4.98 Å². The molecule has 0 radical (unpaired) electrons. The van der Waals surface area contributed by atoms with E-state index in [1.54, 1.807) is 12.1 Å². The number of pyridine rings is 1. The first-order valence-corrected chi connectivity index (χ1v) is 5.66. The molecular formula is C12H19N3O. The monoisotopic (exact) mass is 221 g/mol. The largest absolute Gasteiger partial charge is 0.384 e. The second kappa shape index (κ2) is 6.10. The van der Waals surface area contributed by atoms with E-state index in [0.717, 1.165) is 19.3 Å². The van der Waals surface area contributed by atoms with Crippen molar-refractivity contribution >= 4 is 11.7 Å². The number of nitrogen functional groups attached to an aromatic ring is 1. The quantitative estimate of drug-likeness (QED) is 0.798. The van der Waals surface area contributed by atoms with E-state index in [1.807, 2.05) is 6.92 Å². The van der Waals surface area contributed by atoms with Crippen molar-refractivity contribution in [3.8, 4) is 0 Å². The van der Waals surface area contributed by atoms with Crippen molar-refractivity contribution in [1.29, 1.82) is 0 Å². The predicted octanol–water partition coefficient (Wildman–Crippen LogP) is 1.97. The van der Waals surface area contributed by atoms with E-state index in [2.05, 4.69) is 17.2 Å². The number of amides is 1. The minimum absolute atomic E-state index is 0.0869. The highest BCUT2D eigenvalue weighted by atomic mass is 16.1. The number of hydrogen-bond donors (Lipinski definition) is 2. The van der Waals surface area contributed by atoms with Gasteiger partial charge in [0.15, 0.2) is 0 Å². The van der Waals surface area contributed by atoms with Gasteiger partial charge in [-0.2, -0.15) is 0 Å². The van der Waals surface area contributed by atoms with Crippen LogP contribution in [-0.4, -0.2) is 16.9 Å². The highest BCUT2D eigenvalue weighted by molar-refractivity contribution is 5.94. The fourth-order valence-electron chi connectivity index (χ4n) is 1.43. The maximum Gasteiger partial charge on any atom is 0.253 e. The second-order valence-electron chi connectivity index (χ2n) is 3.99. The molecule has 0 spiro atoms. The summed E-state index contributed by atoms with van der Waals surface area (Å²) in [6.45, 7) is 4.15. The summed E-state index contributed by atoms with van der Waals surface area (Å²) in [7, 11) is 0. The first-order chi connectivity index (χ1) is 7.63. The van der Waals surface area contributed by atoms with Crippen molar-refractivity contribution in [1.82, 2.24) is 10.3 Å². The molecule has 0 aliphatic carbocycles. The lowest BCUT2D eigenvalue weighted by atomic mass is 10.1. The first kappa shape index (κ1) is 12.5. The number of unbranched alkanes of at least 4 members (excludes halogenated alkanes) is 1. The zero-order valence-electron chi connectivity index (χ0n) is 9.86. The molecule has 0 saturated carbocycles. The van der Waals surface area contributed by atoms with Crippen LogP contribution in [0.2, 0.25) is 0 Å². The summed E-state index contributed by atoms with van der Waals surface area (Å²) >= 11 is 0. The van der Waals surface area contributed by atoms with Gasteiger partial charge in [0.2, 0.25) is 0 Å². The van der Waals surface area contributed by atoms with Gasteiger partial charge in [-0.05, 0) is 25.5 Å². The van der Waals surface area contributed by atoms with Gasteiger partial charge in [0.25, 0.3) is 5.91 Å². The summed E-state index contributed by atoms with van der Waals surface area (Å²) in [5.74, 6) is 0.340. The summed E-state index contributed by atoms with van der Waals surface area (Å²) in [5, 5.41) is 2.93. The highest BCUT2D eigenvalue weighted by Gasteiger charge is 2.09. The molecule has 3 N–H and O–H groups in total. The minimum atomic E-state index is -0.0869. The van der Waals surface area contributed by atoms with Crippen LogP contribution < -0.4 is 11.1 Å². The first-order valence-electron chi connectivity index (χ1n) is 5.66. The van der Waals surface area contributed by atoms with Crippen LogP contribution in [0.5, 0.6) is 0 Å². The van der Waals surface area contributed by atoms with Gasteiger partial charge in [0.1, 0.15) is 5.82 Å². The van der Waals surface area contributed by atoms with Gasteiger partial charge in [0, 0.05) is 12.2 Å². The van der Waals surface area contributed by atoms with Crippen LogP contribution >= 0.6 is 0 Å². The van der Waals surface area contributed by atoms with E-state index in [-0.39, 0.29) is 11.9 Å². The fraction of sp³-hybridized carbons (Fsp3) is 0.500. The zero-order chi connectivity index (χ0) is 12.0. The maximum atomic E-state index is 11.7. The molecule has 1 heterocycles. The third-order valence-corrected chi connectivity index (χ3v) is 2.42. The molecule has 4 nitrogen and oxygen atoms in total. The van der Waals surface area contributed by atoms with Gasteiger partial charge < -0.3 is 11.1 Å². The van der Waals surface area contributed by atoms with E-state index in [0.29, 0.717) is 11.4 Å². The lowest BCUT2D eigenvalue weighted by Gasteiger charge is -2.13. The Morgan fingerprint density at radius 2 is 2.31 bits per heavy atom. The summed E-state index contributed by atoms with van der Waals surface area (Å²) in [6, 6.07) is 3.51. The predicted molar refractivity (Wildman–Crippen MR) is 65.1 cm³/mol. The molecule has 88 valence electrons. The number of rotatable bonds is 5. The van der Waals surface area contributed by atoms with Crippen LogP contribution in [0, 0.1) is 0 Å². The molecule has 1 aromatic rings. The van der Waals surface area contributed by atoms with Crippen molar-refractivity contribution in [2.24, 2.45) is 0 Å². The average molecular weight is 221 g/mol. The third kappa shape index (κ3) is 3.88. The summed E-state index contributed by atoms with van der Waals surface area (Å²) in [5.41, 5.74) is 6.00. The van der Waals surface area contributed by atoms with Crippen LogP contribution in [0.4, 0.5) is 5.82 Å². The number of carbonyl (C=O) groups excluding carboxylic acids is 1. The Balaban J connectivity index is 2.48. The second-order valence-corrected chi connectivity index (χ2v) is 3.99. The van der Waals surface area contributed by atoms with E-state index in [9.17, 15) is 4.79 Å². The minimum Gasteiger partial charge on any atom is -0.384 e. The van der Waals surface area contributed by atoms with Crippen LogP contribution in [0.3, 0.4) is 0 Å². The lowest BCUT2D eigenvalue weighted by molar-refractivity contribution is 0.0937. The van der Waals surface area contributed by atoms with Crippen molar-refractivity contribution in [3.63, 3.8) is 0 Å². The van der Waals surface area contributed by atoms with Crippen LogP contribution in [0.25, 0.3) is 0 Å². The smallest absolute Gasteiger partial charge is 0.253 e. The number of aromatic nitrogens is 1. The number of nitrogens with one attached hydrogen (secondary N) is 1. The Bertz CT molecular complexity index is 335. The van der Waals surface area contributed by atoms with Crippen LogP contribution in [0.1, 0.15) is 43.5 Å². The lowest BCUT2D eigenvalue weighted by Crippen LogP contribution is -2.32. The summed E-state index contributed by atoms with van der Waals surface area (Å²) < 4.78 is 0. The van der Waals surface area contributed by atoms with Crippen molar-refractivity contribution < 1.29 is 4.79 Å². The molecule has 1 rings (SSSR count). The molecule has 0 aliphatic rings. The summed E-state index contributed by atoms with van der Waals surface area (Å²) in [4.78, 5) is 15.6. The topological polar surface area (TPSA) is 68.0 Å². The molecule has 1 atom stereocenters. The number of nitrogens with two attached hydrogens (primary N) is 1. The van der Waals surface area contributed by atoms with Crippen LogP contribution in [-0.2, 0) is 0 Å². The number of carbonyl (C=O) groups is 1. The zero-order valence-corrected chi connectivity index (χ0v) is 9.86. The fourth-order valence-corrected chi connectivity index (χ4v) is 1.43. The van der Waals surface area contributed by atoms with E-state index in [4.69, 9.17) is 5.73 Å². The molecule has 1 amide bonds. The van der Waals surface area contributed by atoms with Gasteiger partial charge >= 0.3 is 0 Å². The molecule has 0 saturated heterocycles. The average Bonchev–Trinajstić information content (AvgIpc) is 2.27. The number of anilines is 1. The SMILES string of the molecule is CCCCC(C)NC(=O)c1ccc(N)nc1. The van der Waals surface area contributed by atoms with E-state index < -0.39 is 0 Å². The van der Waals surface area contributed by atoms with E-state index in [1.165, 1.54) is 6.20 Å². The molecule has 0 aliphatic heterocycles. The van der Waals surface area contributed by atoms with Crippen molar-refractivity contribution in [3.05, 3.63) is 23.9 Å². The molecule has 0 aromatic carbocycles. The van der Waals surface area contributed by atoms with Crippen molar-refractivity contribution in [2.75, 3.05) is 5.73 Å². The van der Waals surface area contributed by atoms with Gasteiger partial charge in [-0.15, -0.1) is 0 Å². The molecule has 0 bridgehead atoms. The van der Waals surface area contributed by atoms with Gasteiger partial charge in [0.05, 0.1) is 5.56 Å². The Hall–Kier alpha value is -1.58. The van der Waals surface area contributed by atoms with Gasteiger partial charge in [-0.3, -0.25) is 4.79 Å². The van der Waals surface area contributed by atoms with E-state index >= 15 is 0 Å². The van der Waals surface area contributed by atoms with Crippen LogP contribution in [0.15, 0.2) is 18.3 Å². The standard InChI is InChI=1S/C12H19N3O/c1-3-4-5-9(2)15-12(16)10-6-7-11(13)14-8-10/h6-9H,3-5H2,1-2H3,(H2,13,14)(H,15,16). The molecule has 0 fully saturated rings. The number of nitrogens with zero attached hydrogens (tertiary/aromatic N) is 1. The molecule has 1 aromatic heterocycles. The normalized spacial score (nSPS) is 12.1. The highest BCUT2D eigenvalue weighted by Crippen LogP contribution is 2.04. The molecule has 4 heteroatoms. The maximum absolute atomic E-state index is 11.7.